The quantitative estimate of drug-likeness (QED) is 0.523. The van der Waals surface area contributed by atoms with Crippen molar-refractivity contribution >= 4 is 22.6 Å². The number of fused-ring (bicyclic) bond motifs is 1. The maximum Gasteiger partial charge on any atom is 0.328 e. The van der Waals surface area contributed by atoms with E-state index in [1.165, 1.54) is 13.8 Å². The number of amides is 1. The first-order valence-corrected chi connectivity index (χ1v) is 10.1. The van der Waals surface area contributed by atoms with Gasteiger partial charge in [0.05, 0.1) is 5.56 Å². The van der Waals surface area contributed by atoms with Gasteiger partial charge in [-0.05, 0) is 56.3 Å². The summed E-state index contributed by atoms with van der Waals surface area (Å²) >= 11 is 0. The molecular weight excluding hydrogens is 394 g/mol. The van der Waals surface area contributed by atoms with Crippen LogP contribution in [0, 0.1) is 13.8 Å². The van der Waals surface area contributed by atoms with Crippen molar-refractivity contribution in [2.45, 2.75) is 33.2 Å². The fraction of sp³-hybridized carbons (Fsp3) is 0.280. The van der Waals surface area contributed by atoms with E-state index in [2.05, 4.69) is 5.32 Å². The van der Waals surface area contributed by atoms with Gasteiger partial charge in [-0.25, -0.2) is 4.79 Å². The third-order valence-corrected chi connectivity index (χ3v) is 5.23. The number of aliphatic carboxylic acids is 1. The number of carboxylic acid groups (broad SMARTS) is 1. The second-order valence-electron chi connectivity index (χ2n) is 7.94. The summed E-state index contributed by atoms with van der Waals surface area (Å²) in [5.41, 5.74) is 1.09. The third-order valence-electron chi connectivity index (χ3n) is 5.23. The molecule has 0 saturated carbocycles. The Hall–Kier alpha value is -3.54. The van der Waals surface area contributed by atoms with Gasteiger partial charge < -0.3 is 19.9 Å². The number of carboxylic acids is 1. The maximum absolute atomic E-state index is 12.9. The average molecular weight is 421 g/mol. The van der Waals surface area contributed by atoms with Gasteiger partial charge in [0.25, 0.3) is 5.91 Å². The van der Waals surface area contributed by atoms with Crippen LogP contribution in [0.2, 0.25) is 0 Å². The number of ether oxygens (including phenoxy) is 2. The zero-order valence-corrected chi connectivity index (χ0v) is 18.2. The molecule has 0 aliphatic heterocycles. The van der Waals surface area contributed by atoms with Crippen LogP contribution in [0.3, 0.4) is 0 Å². The summed E-state index contributed by atoms with van der Waals surface area (Å²) in [6.45, 7) is 7.43. The van der Waals surface area contributed by atoms with E-state index in [0.717, 1.165) is 27.6 Å². The molecule has 0 heterocycles. The molecule has 3 rings (SSSR count). The van der Waals surface area contributed by atoms with Crippen molar-refractivity contribution in [1.82, 2.24) is 5.32 Å². The molecule has 0 spiro atoms. The smallest absolute Gasteiger partial charge is 0.328 e. The number of aryl methyl sites for hydroxylation is 1. The van der Waals surface area contributed by atoms with Crippen molar-refractivity contribution in [3.8, 4) is 11.5 Å². The molecule has 0 saturated heterocycles. The highest BCUT2D eigenvalue weighted by Gasteiger charge is 2.30. The van der Waals surface area contributed by atoms with Crippen LogP contribution in [0.1, 0.15) is 35.3 Å². The first kappa shape index (κ1) is 22.2. The molecule has 162 valence electrons. The number of nitrogens with one attached hydrogen (secondary N) is 1. The van der Waals surface area contributed by atoms with Crippen molar-refractivity contribution in [3.05, 3.63) is 71.3 Å². The Bertz CT molecular complexity index is 1120. The summed E-state index contributed by atoms with van der Waals surface area (Å²) in [6, 6.07) is 16.9. The van der Waals surface area contributed by atoms with Crippen LogP contribution in [0.4, 0.5) is 0 Å². The van der Waals surface area contributed by atoms with Crippen molar-refractivity contribution in [1.29, 1.82) is 0 Å². The molecule has 31 heavy (non-hydrogen) atoms. The van der Waals surface area contributed by atoms with Gasteiger partial charge in [0.2, 0.25) is 0 Å². The minimum atomic E-state index is -1.41. The highest BCUT2D eigenvalue weighted by Crippen LogP contribution is 2.30. The molecule has 0 fully saturated rings. The lowest BCUT2D eigenvalue weighted by atomic mass is 10.0. The van der Waals surface area contributed by atoms with Gasteiger partial charge in [-0.3, -0.25) is 4.79 Å². The van der Waals surface area contributed by atoms with E-state index in [-0.39, 0.29) is 12.2 Å². The lowest BCUT2D eigenvalue weighted by Gasteiger charge is -2.22. The Morgan fingerprint density at radius 3 is 2.39 bits per heavy atom. The van der Waals surface area contributed by atoms with Crippen molar-refractivity contribution in [3.63, 3.8) is 0 Å². The molecule has 0 bridgehead atoms. The molecule has 0 atom stereocenters. The number of carbonyl (C=O) groups is 2. The Balaban J connectivity index is 1.82. The van der Waals surface area contributed by atoms with Crippen molar-refractivity contribution < 1.29 is 24.2 Å². The van der Waals surface area contributed by atoms with E-state index in [1.54, 1.807) is 6.07 Å². The van der Waals surface area contributed by atoms with Gasteiger partial charge in [-0.15, -0.1) is 0 Å². The molecule has 1 amide bonds. The van der Waals surface area contributed by atoms with Crippen LogP contribution in [-0.4, -0.2) is 35.7 Å². The largest absolute Gasteiger partial charge is 0.490 e. The number of benzene rings is 3. The lowest BCUT2D eigenvalue weighted by Crippen LogP contribution is -2.49. The van der Waals surface area contributed by atoms with E-state index >= 15 is 0 Å². The fourth-order valence-electron chi connectivity index (χ4n) is 3.16. The van der Waals surface area contributed by atoms with Crippen LogP contribution in [0.5, 0.6) is 11.5 Å². The topological polar surface area (TPSA) is 84.9 Å². The molecule has 0 unspecified atom stereocenters. The van der Waals surface area contributed by atoms with E-state index in [4.69, 9.17) is 9.47 Å². The first-order chi connectivity index (χ1) is 14.7. The van der Waals surface area contributed by atoms with E-state index < -0.39 is 17.4 Å². The minimum Gasteiger partial charge on any atom is -0.490 e. The molecule has 6 nitrogen and oxygen atoms in total. The molecule has 0 aromatic heterocycles. The van der Waals surface area contributed by atoms with E-state index in [0.29, 0.717) is 12.4 Å². The van der Waals surface area contributed by atoms with Crippen LogP contribution in [0.15, 0.2) is 54.6 Å². The maximum atomic E-state index is 12.9. The normalized spacial score (nSPS) is 11.2. The van der Waals surface area contributed by atoms with Crippen molar-refractivity contribution in [2.24, 2.45) is 0 Å². The van der Waals surface area contributed by atoms with Gasteiger partial charge in [0, 0.05) is 5.39 Å². The Morgan fingerprint density at radius 2 is 1.65 bits per heavy atom. The molecule has 0 aliphatic rings. The molecule has 6 heteroatoms. The second kappa shape index (κ2) is 9.08. The van der Waals surface area contributed by atoms with Crippen LogP contribution in [0.25, 0.3) is 10.8 Å². The molecule has 2 N–H and O–H groups in total. The van der Waals surface area contributed by atoms with Gasteiger partial charge in [-0.2, -0.15) is 0 Å². The summed E-state index contributed by atoms with van der Waals surface area (Å²) < 4.78 is 11.9. The highest BCUT2D eigenvalue weighted by molar-refractivity contribution is 6.05. The van der Waals surface area contributed by atoms with Gasteiger partial charge in [0.1, 0.15) is 30.3 Å². The summed E-state index contributed by atoms with van der Waals surface area (Å²) in [5.74, 6) is -0.432. The third kappa shape index (κ3) is 4.97. The summed E-state index contributed by atoms with van der Waals surface area (Å²) in [7, 11) is 0. The SMILES string of the molecule is Cc1cccc(OCCOc2c(C(=O)NC(C)(C)C(=O)O)ccc3ccccc23)c1C. The Kier molecular flexibility index (Phi) is 6.49. The molecular formula is C25H27NO5. The van der Waals surface area contributed by atoms with Gasteiger partial charge >= 0.3 is 5.97 Å². The first-order valence-electron chi connectivity index (χ1n) is 10.1. The summed E-state index contributed by atoms with van der Waals surface area (Å²) in [4.78, 5) is 24.3. The van der Waals surface area contributed by atoms with Crippen molar-refractivity contribution in [2.75, 3.05) is 13.2 Å². The summed E-state index contributed by atoms with van der Waals surface area (Å²) in [5, 5.41) is 13.6. The lowest BCUT2D eigenvalue weighted by molar-refractivity contribution is -0.143. The second-order valence-corrected chi connectivity index (χ2v) is 7.94. The predicted molar refractivity (Wildman–Crippen MR) is 120 cm³/mol. The zero-order valence-electron chi connectivity index (χ0n) is 18.2. The molecule has 0 aliphatic carbocycles. The highest BCUT2D eigenvalue weighted by atomic mass is 16.5. The zero-order chi connectivity index (χ0) is 22.6. The summed E-state index contributed by atoms with van der Waals surface area (Å²) in [6.07, 6.45) is 0. The number of hydrogen-bond acceptors (Lipinski definition) is 4. The molecule has 3 aromatic carbocycles. The van der Waals surface area contributed by atoms with Gasteiger partial charge in [0.15, 0.2) is 0 Å². The van der Waals surface area contributed by atoms with Crippen LogP contribution in [-0.2, 0) is 4.79 Å². The Morgan fingerprint density at radius 1 is 0.935 bits per heavy atom. The van der Waals surface area contributed by atoms with E-state index in [1.807, 2.05) is 62.4 Å². The van der Waals surface area contributed by atoms with Crippen LogP contribution < -0.4 is 14.8 Å². The fourth-order valence-corrected chi connectivity index (χ4v) is 3.16. The predicted octanol–water partition coefficient (Wildman–Crippen LogP) is 4.51. The minimum absolute atomic E-state index is 0.226. The number of carbonyl (C=O) groups excluding carboxylic acids is 1. The van der Waals surface area contributed by atoms with E-state index in [9.17, 15) is 14.7 Å². The van der Waals surface area contributed by atoms with Gasteiger partial charge in [-0.1, -0.05) is 42.5 Å². The average Bonchev–Trinajstić information content (AvgIpc) is 2.73. The Labute approximate surface area is 181 Å². The number of hydrogen-bond donors (Lipinski definition) is 2. The monoisotopic (exact) mass is 421 g/mol. The molecule has 3 aromatic rings. The number of rotatable bonds is 8. The standard InChI is InChI=1S/C25H27NO5/c1-16-8-7-11-21(17(16)2)30-14-15-31-22-19-10-6-5-9-18(19)12-13-20(22)23(27)26-25(3,4)24(28)29/h5-13H,14-15H2,1-4H3,(H,26,27)(H,28,29). The molecule has 0 radical (unpaired) electrons. The van der Waals surface area contributed by atoms with Crippen LogP contribution >= 0.6 is 0 Å².